The Labute approximate surface area is 112 Å². The van der Waals surface area contributed by atoms with Crippen molar-refractivity contribution >= 4 is 38.7 Å². The third-order valence-electron chi connectivity index (χ3n) is 3.03. The fourth-order valence-corrected chi connectivity index (χ4v) is 2.82. The number of carbonyl (C=O) groups excluding carboxylic acids is 1. The molecular formula is C13H12BrNO3. The molecule has 18 heavy (non-hydrogen) atoms. The van der Waals surface area contributed by atoms with E-state index in [0.29, 0.717) is 5.33 Å². The second kappa shape index (κ2) is 4.57. The number of aromatic nitrogens is 1. The molecular weight excluding hydrogens is 298 g/mol. The predicted molar refractivity (Wildman–Crippen MR) is 72.6 cm³/mol. The van der Waals surface area contributed by atoms with Crippen molar-refractivity contribution in [2.45, 2.75) is 19.2 Å². The number of benzene rings is 1. The van der Waals surface area contributed by atoms with Crippen molar-refractivity contribution in [3.63, 3.8) is 0 Å². The Hall–Kier alpha value is -1.62. The van der Waals surface area contributed by atoms with E-state index in [0.717, 1.165) is 22.2 Å². The summed E-state index contributed by atoms with van der Waals surface area (Å²) in [6.45, 7) is 3.39. The minimum absolute atomic E-state index is 0.0781. The molecule has 0 atom stereocenters. The lowest BCUT2D eigenvalue weighted by molar-refractivity contribution is 0.0697. The van der Waals surface area contributed by atoms with Crippen molar-refractivity contribution in [3.05, 3.63) is 35.0 Å². The average molecular weight is 310 g/mol. The summed E-state index contributed by atoms with van der Waals surface area (Å²) in [4.78, 5) is 22.7. The fourth-order valence-electron chi connectivity index (χ4n) is 2.15. The van der Waals surface area contributed by atoms with E-state index in [1.807, 2.05) is 6.92 Å². The Kier molecular flexibility index (Phi) is 3.26. The molecule has 0 aliphatic rings. The zero-order valence-corrected chi connectivity index (χ0v) is 11.6. The Bertz CT molecular complexity index is 658. The van der Waals surface area contributed by atoms with Gasteiger partial charge in [-0.3, -0.25) is 9.36 Å². The summed E-state index contributed by atoms with van der Waals surface area (Å²) in [7, 11) is 0. The zero-order chi connectivity index (χ0) is 13.4. The van der Waals surface area contributed by atoms with Crippen LogP contribution in [-0.4, -0.2) is 21.6 Å². The molecule has 0 saturated heterocycles. The number of carboxylic acids is 1. The molecule has 0 radical (unpaired) electrons. The number of nitrogens with zero attached hydrogens (tertiary/aromatic N) is 1. The molecule has 0 aliphatic carbocycles. The summed E-state index contributed by atoms with van der Waals surface area (Å²) in [5, 5.41) is 10.4. The van der Waals surface area contributed by atoms with Gasteiger partial charge in [-0.15, -0.1) is 0 Å². The molecule has 0 unspecified atom stereocenters. The second-order valence-electron chi connectivity index (χ2n) is 4.10. The number of carbonyl (C=O) groups is 2. The maximum absolute atomic E-state index is 11.7. The smallest absolute Gasteiger partial charge is 0.335 e. The fraction of sp³-hybridized carbons (Fsp3) is 0.231. The highest BCUT2D eigenvalue weighted by Gasteiger charge is 2.17. The van der Waals surface area contributed by atoms with Gasteiger partial charge in [0.05, 0.1) is 11.1 Å². The quantitative estimate of drug-likeness (QED) is 0.867. The van der Waals surface area contributed by atoms with Crippen molar-refractivity contribution in [1.82, 2.24) is 4.57 Å². The molecule has 0 amide bonds. The SMILES string of the molecule is CC(=O)n1c(CBr)c(C)c2cc(C(=O)O)ccc21. The molecule has 1 N–H and O–H groups in total. The highest BCUT2D eigenvalue weighted by atomic mass is 79.9. The minimum Gasteiger partial charge on any atom is -0.478 e. The van der Waals surface area contributed by atoms with Gasteiger partial charge in [-0.05, 0) is 30.7 Å². The number of alkyl halides is 1. The van der Waals surface area contributed by atoms with Gasteiger partial charge in [0, 0.05) is 23.3 Å². The monoisotopic (exact) mass is 309 g/mol. The molecule has 0 saturated carbocycles. The number of carboxylic acid groups (broad SMARTS) is 1. The van der Waals surface area contributed by atoms with Gasteiger partial charge >= 0.3 is 5.97 Å². The lowest BCUT2D eigenvalue weighted by atomic mass is 10.1. The Balaban J connectivity index is 2.85. The normalized spacial score (nSPS) is 10.8. The summed E-state index contributed by atoms with van der Waals surface area (Å²) in [5.74, 6) is -1.04. The van der Waals surface area contributed by atoms with Crippen LogP contribution in [0.1, 0.15) is 33.3 Å². The molecule has 0 spiro atoms. The Morgan fingerprint density at radius 3 is 2.56 bits per heavy atom. The maximum Gasteiger partial charge on any atom is 0.335 e. The molecule has 0 fully saturated rings. The Morgan fingerprint density at radius 1 is 1.39 bits per heavy atom. The highest BCUT2D eigenvalue weighted by molar-refractivity contribution is 9.08. The van der Waals surface area contributed by atoms with Crippen molar-refractivity contribution < 1.29 is 14.7 Å². The first kappa shape index (κ1) is 12.8. The summed E-state index contributed by atoms with van der Waals surface area (Å²) >= 11 is 3.36. The molecule has 1 aromatic heterocycles. The van der Waals surface area contributed by atoms with Crippen molar-refractivity contribution in [3.8, 4) is 0 Å². The number of aryl methyl sites for hydroxylation is 1. The van der Waals surface area contributed by atoms with E-state index in [2.05, 4.69) is 15.9 Å². The van der Waals surface area contributed by atoms with Gasteiger partial charge in [0.25, 0.3) is 0 Å². The third kappa shape index (κ3) is 1.84. The lowest BCUT2D eigenvalue weighted by Crippen LogP contribution is -2.08. The number of rotatable bonds is 2. The summed E-state index contributed by atoms with van der Waals surface area (Å²) < 4.78 is 1.62. The van der Waals surface area contributed by atoms with Gasteiger partial charge in [-0.1, -0.05) is 15.9 Å². The van der Waals surface area contributed by atoms with Crippen molar-refractivity contribution in [2.75, 3.05) is 0 Å². The van der Waals surface area contributed by atoms with Gasteiger partial charge in [0.1, 0.15) is 0 Å². The molecule has 4 nitrogen and oxygen atoms in total. The van der Waals surface area contributed by atoms with E-state index in [1.54, 1.807) is 16.7 Å². The van der Waals surface area contributed by atoms with E-state index in [4.69, 9.17) is 5.11 Å². The van der Waals surface area contributed by atoms with Crippen LogP contribution in [0.15, 0.2) is 18.2 Å². The number of halogens is 1. The largest absolute Gasteiger partial charge is 0.478 e. The summed E-state index contributed by atoms with van der Waals surface area (Å²) in [6.07, 6.45) is 0. The van der Waals surface area contributed by atoms with Crippen LogP contribution in [0.4, 0.5) is 0 Å². The van der Waals surface area contributed by atoms with Crippen LogP contribution in [0.25, 0.3) is 10.9 Å². The van der Waals surface area contributed by atoms with Gasteiger partial charge < -0.3 is 5.11 Å². The van der Waals surface area contributed by atoms with E-state index >= 15 is 0 Å². The predicted octanol–water partition coefficient (Wildman–Crippen LogP) is 3.20. The molecule has 94 valence electrons. The third-order valence-corrected chi connectivity index (χ3v) is 3.56. The first-order valence-corrected chi connectivity index (χ1v) is 6.53. The standard InChI is InChI=1S/C13H12BrNO3/c1-7-10-5-9(13(17)18)3-4-11(10)15(8(2)16)12(7)6-14/h3-5H,6H2,1-2H3,(H,17,18). The summed E-state index contributed by atoms with van der Waals surface area (Å²) in [5.41, 5.74) is 2.77. The highest BCUT2D eigenvalue weighted by Crippen LogP contribution is 2.28. The number of fused-ring (bicyclic) bond motifs is 1. The van der Waals surface area contributed by atoms with Gasteiger partial charge in [-0.25, -0.2) is 4.79 Å². The van der Waals surface area contributed by atoms with Gasteiger partial charge in [0.2, 0.25) is 5.91 Å². The van der Waals surface area contributed by atoms with Crippen LogP contribution in [0.5, 0.6) is 0 Å². The number of aromatic carboxylic acids is 1. The molecule has 0 bridgehead atoms. The zero-order valence-electron chi connectivity index (χ0n) is 10.0. The van der Waals surface area contributed by atoms with E-state index in [1.165, 1.54) is 13.0 Å². The first-order valence-electron chi connectivity index (χ1n) is 5.41. The minimum atomic E-state index is -0.965. The molecule has 2 rings (SSSR count). The average Bonchev–Trinajstić information content (AvgIpc) is 2.61. The molecule has 1 heterocycles. The van der Waals surface area contributed by atoms with E-state index < -0.39 is 5.97 Å². The van der Waals surface area contributed by atoms with Crippen LogP contribution in [0.2, 0.25) is 0 Å². The van der Waals surface area contributed by atoms with E-state index in [-0.39, 0.29) is 11.5 Å². The molecule has 1 aromatic carbocycles. The van der Waals surface area contributed by atoms with Crippen LogP contribution < -0.4 is 0 Å². The van der Waals surface area contributed by atoms with Gasteiger partial charge in [-0.2, -0.15) is 0 Å². The second-order valence-corrected chi connectivity index (χ2v) is 4.66. The summed E-state index contributed by atoms with van der Waals surface area (Å²) in [6, 6.07) is 4.81. The van der Waals surface area contributed by atoms with Crippen LogP contribution in [0.3, 0.4) is 0 Å². The molecule has 2 aromatic rings. The number of hydrogen-bond donors (Lipinski definition) is 1. The lowest BCUT2D eigenvalue weighted by Gasteiger charge is -2.04. The Morgan fingerprint density at radius 2 is 2.06 bits per heavy atom. The van der Waals surface area contributed by atoms with Crippen molar-refractivity contribution in [2.24, 2.45) is 0 Å². The van der Waals surface area contributed by atoms with Crippen LogP contribution in [0, 0.1) is 6.92 Å². The first-order chi connectivity index (χ1) is 8.47. The van der Waals surface area contributed by atoms with E-state index in [9.17, 15) is 9.59 Å². The maximum atomic E-state index is 11.7. The van der Waals surface area contributed by atoms with Crippen LogP contribution >= 0.6 is 15.9 Å². The molecule has 0 aliphatic heterocycles. The van der Waals surface area contributed by atoms with Gasteiger partial charge in [0.15, 0.2) is 0 Å². The van der Waals surface area contributed by atoms with Crippen LogP contribution in [-0.2, 0) is 5.33 Å². The van der Waals surface area contributed by atoms with Crippen molar-refractivity contribution in [1.29, 1.82) is 0 Å². The number of hydrogen-bond acceptors (Lipinski definition) is 2. The topological polar surface area (TPSA) is 59.3 Å². The molecule has 5 heteroatoms.